The maximum atomic E-state index is 12.9. The molecule has 0 aliphatic carbocycles. The minimum absolute atomic E-state index is 0.107. The summed E-state index contributed by atoms with van der Waals surface area (Å²) in [7, 11) is 0. The summed E-state index contributed by atoms with van der Waals surface area (Å²) in [5.41, 5.74) is 7.93. The van der Waals surface area contributed by atoms with Crippen LogP contribution in [0.4, 0.5) is 0 Å². The van der Waals surface area contributed by atoms with Crippen LogP contribution in [0.5, 0.6) is 0 Å². The summed E-state index contributed by atoms with van der Waals surface area (Å²) in [6.07, 6.45) is 1.38. The van der Waals surface area contributed by atoms with E-state index < -0.39 is 11.6 Å². The van der Waals surface area contributed by atoms with Crippen molar-refractivity contribution in [2.24, 2.45) is 5.73 Å². The maximum Gasteiger partial charge on any atom is 0.237 e. The molecular weight excluding hydrogens is 397 g/mol. The average Bonchev–Trinajstić information content (AvgIpc) is 3.04. The Morgan fingerprint density at radius 2 is 1.93 bits per heavy atom. The maximum absolute atomic E-state index is 12.9. The zero-order valence-electron chi connectivity index (χ0n) is 15.5. The van der Waals surface area contributed by atoms with Crippen molar-refractivity contribution >= 4 is 29.1 Å². The molecule has 2 aromatic rings. The van der Waals surface area contributed by atoms with Gasteiger partial charge in [0.2, 0.25) is 5.91 Å². The fourth-order valence-corrected chi connectivity index (χ4v) is 4.16. The molecule has 2 aromatic carbocycles. The van der Waals surface area contributed by atoms with Crippen molar-refractivity contribution in [3.8, 4) is 0 Å². The molecule has 150 valence electrons. The van der Waals surface area contributed by atoms with Crippen LogP contribution in [0.1, 0.15) is 29.9 Å². The number of amides is 1. The van der Waals surface area contributed by atoms with Gasteiger partial charge in [0.25, 0.3) is 0 Å². The fraction of sp³-hybridized carbons (Fsp3) is 0.381. The van der Waals surface area contributed by atoms with E-state index >= 15 is 0 Å². The third-order valence-electron chi connectivity index (χ3n) is 5.26. The highest BCUT2D eigenvalue weighted by atomic mass is 35.5. The van der Waals surface area contributed by atoms with Crippen molar-refractivity contribution in [1.82, 2.24) is 10.6 Å². The first-order chi connectivity index (χ1) is 13.5. The van der Waals surface area contributed by atoms with Gasteiger partial charge >= 0.3 is 0 Å². The molecule has 1 saturated heterocycles. The largest absolute Gasteiger partial charge is 0.396 e. The lowest BCUT2D eigenvalue weighted by Crippen LogP contribution is -2.47. The average molecular weight is 422 g/mol. The van der Waals surface area contributed by atoms with Gasteiger partial charge in [0.05, 0.1) is 11.6 Å². The molecule has 0 spiro atoms. The van der Waals surface area contributed by atoms with Gasteiger partial charge in [-0.25, -0.2) is 0 Å². The predicted octanol–water partition coefficient (Wildman–Crippen LogP) is 2.79. The van der Waals surface area contributed by atoms with E-state index in [1.807, 2.05) is 42.5 Å². The van der Waals surface area contributed by atoms with Gasteiger partial charge in [0, 0.05) is 35.7 Å². The fourth-order valence-electron chi connectivity index (χ4n) is 3.84. The smallest absolute Gasteiger partial charge is 0.237 e. The number of halogens is 2. The molecule has 1 fully saturated rings. The SMILES string of the molecule is N[C@]1(c2ccc(Cl)cc2)CN[C@@H](C(=O)NCCCCO)[C@@H]1c1cccc(Cl)c1. The van der Waals surface area contributed by atoms with E-state index in [4.69, 9.17) is 34.0 Å². The zero-order chi connectivity index (χ0) is 20.1. The highest BCUT2D eigenvalue weighted by Gasteiger charge is 2.50. The van der Waals surface area contributed by atoms with E-state index in [-0.39, 0.29) is 18.4 Å². The summed E-state index contributed by atoms with van der Waals surface area (Å²) in [5, 5.41) is 16.4. The lowest BCUT2D eigenvalue weighted by atomic mass is 9.74. The van der Waals surface area contributed by atoms with Gasteiger partial charge in [-0.2, -0.15) is 0 Å². The van der Waals surface area contributed by atoms with E-state index in [1.165, 1.54) is 0 Å². The van der Waals surface area contributed by atoms with Crippen LogP contribution < -0.4 is 16.4 Å². The van der Waals surface area contributed by atoms with E-state index in [0.717, 1.165) is 17.5 Å². The Morgan fingerprint density at radius 1 is 1.18 bits per heavy atom. The molecule has 1 amide bonds. The second-order valence-electron chi connectivity index (χ2n) is 7.16. The van der Waals surface area contributed by atoms with E-state index in [0.29, 0.717) is 29.6 Å². The monoisotopic (exact) mass is 421 g/mol. The van der Waals surface area contributed by atoms with E-state index in [9.17, 15) is 4.79 Å². The Morgan fingerprint density at radius 3 is 2.61 bits per heavy atom. The van der Waals surface area contributed by atoms with Crippen molar-refractivity contribution in [1.29, 1.82) is 0 Å². The molecule has 0 aromatic heterocycles. The van der Waals surface area contributed by atoms with Gasteiger partial charge in [-0.1, -0.05) is 47.5 Å². The molecule has 7 heteroatoms. The van der Waals surface area contributed by atoms with E-state index in [2.05, 4.69) is 10.6 Å². The summed E-state index contributed by atoms with van der Waals surface area (Å²) < 4.78 is 0. The molecule has 0 radical (unpaired) electrons. The molecular formula is C21H25Cl2N3O2. The van der Waals surface area contributed by atoms with Crippen LogP contribution in [-0.2, 0) is 10.3 Å². The third-order valence-corrected chi connectivity index (χ3v) is 5.75. The first-order valence-electron chi connectivity index (χ1n) is 9.38. The van der Waals surface area contributed by atoms with Gasteiger partial charge in [-0.15, -0.1) is 0 Å². The van der Waals surface area contributed by atoms with Crippen LogP contribution in [0.2, 0.25) is 10.0 Å². The number of aliphatic hydroxyl groups is 1. The summed E-state index contributed by atoms with van der Waals surface area (Å²) in [6, 6.07) is 14.4. The molecule has 0 saturated carbocycles. The number of carbonyl (C=O) groups excluding carboxylic acids is 1. The number of nitrogens with two attached hydrogens (primary N) is 1. The zero-order valence-corrected chi connectivity index (χ0v) is 17.0. The Kier molecular flexibility index (Phi) is 6.96. The van der Waals surface area contributed by atoms with Crippen LogP contribution in [0.15, 0.2) is 48.5 Å². The second kappa shape index (κ2) is 9.25. The number of nitrogens with one attached hydrogen (secondary N) is 2. The van der Waals surface area contributed by atoms with Gasteiger partial charge < -0.3 is 21.5 Å². The molecule has 3 atom stereocenters. The minimum Gasteiger partial charge on any atom is -0.396 e. The normalized spacial score (nSPS) is 24.3. The number of hydrogen-bond donors (Lipinski definition) is 4. The van der Waals surface area contributed by atoms with E-state index in [1.54, 1.807) is 6.07 Å². The van der Waals surface area contributed by atoms with Crippen LogP contribution in [0.3, 0.4) is 0 Å². The highest BCUT2D eigenvalue weighted by molar-refractivity contribution is 6.30. The van der Waals surface area contributed by atoms with Gasteiger partial charge in [-0.3, -0.25) is 4.79 Å². The number of benzene rings is 2. The number of hydrogen-bond acceptors (Lipinski definition) is 4. The van der Waals surface area contributed by atoms with Crippen molar-refractivity contribution in [3.05, 3.63) is 69.7 Å². The van der Waals surface area contributed by atoms with Gasteiger partial charge in [0.1, 0.15) is 0 Å². The Balaban J connectivity index is 1.92. The van der Waals surface area contributed by atoms with Crippen molar-refractivity contribution in [3.63, 3.8) is 0 Å². The van der Waals surface area contributed by atoms with Crippen molar-refractivity contribution in [2.45, 2.75) is 30.3 Å². The molecule has 5 N–H and O–H groups in total. The van der Waals surface area contributed by atoms with Gasteiger partial charge in [-0.05, 0) is 48.2 Å². The standard InChI is InChI=1S/C21H25Cl2N3O2/c22-16-8-6-15(7-9-16)21(24)13-26-19(20(28)25-10-1-2-11-27)18(21)14-4-3-5-17(23)12-14/h3-9,12,18-19,26-27H,1-2,10-11,13,24H2,(H,25,28)/t18-,19+,21-/m0/s1. The van der Waals surface area contributed by atoms with Crippen LogP contribution >= 0.6 is 23.2 Å². The number of carbonyl (C=O) groups is 1. The van der Waals surface area contributed by atoms with Crippen LogP contribution in [0, 0.1) is 0 Å². The second-order valence-corrected chi connectivity index (χ2v) is 8.03. The molecule has 0 unspecified atom stereocenters. The van der Waals surface area contributed by atoms with Crippen LogP contribution in [0.25, 0.3) is 0 Å². The topological polar surface area (TPSA) is 87.4 Å². The molecule has 1 heterocycles. The summed E-state index contributed by atoms with van der Waals surface area (Å²) >= 11 is 12.3. The van der Waals surface area contributed by atoms with Gasteiger partial charge in [0.15, 0.2) is 0 Å². The first kappa shape index (κ1) is 21.1. The van der Waals surface area contributed by atoms with Crippen molar-refractivity contribution < 1.29 is 9.90 Å². The summed E-state index contributed by atoms with van der Waals surface area (Å²) in [4.78, 5) is 12.9. The summed E-state index contributed by atoms with van der Waals surface area (Å²) in [6.45, 7) is 1.07. The Labute approximate surface area is 175 Å². The number of unbranched alkanes of at least 4 members (excludes halogenated alkanes) is 1. The molecule has 0 bridgehead atoms. The Bertz CT molecular complexity index is 816. The molecule has 5 nitrogen and oxygen atoms in total. The van der Waals surface area contributed by atoms with Crippen LogP contribution in [-0.4, -0.2) is 36.8 Å². The lowest BCUT2D eigenvalue weighted by Gasteiger charge is -2.33. The number of aliphatic hydroxyl groups excluding tert-OH is 1. The molecule has 1 aliphatic rings. The minimum atomic E-state index is -0.789. The summed E-state index contributed by atoms with van der Waals surface area (Å²) in [5.74, 6) is -0.408. The predicted molar refractivity (Wildman–Crippen MR) is 113 cm³/mol. The molecule has 28 heavy (non-hydrogen) atoms. The van der Waals surface area contributed by atoms with Crippen molar-refractivity contribution in [2.75, 3.05) is 19.7 Å². The quantitative estimate of drug-likeness (QED) is 0.517. The molecule has 1 aliphatic heterocycles. The molecule has 3 rings (SSSR count). The highest BCUT2D eigenvalue weighted by Crippen LogP contribution is 2.42. The first-order valence-corrected chi connectivity index (χ1v) is 10.1. The lowest BCUT2D eigenvalue weighted by molar-refractivity contribution is -0.123. The third kappa shape index (κ3) is 4.50. The Hall–Kier alpha value is -1.63. The number of rotatable bonds is 7.